The van der Waals surface area contributed by atoms with Gasteiger partial charge in [-0.2, -0.15) is 31.6 Å². The summed E-state index contributed by atoms with van der Waals surface area (Å²) >= 11 is 0. The van der Waals surface area contributed by atoms with Gasteiger partial charge in [-0.15, -0.1) is 0 Å². The molecule has 2 rings (SSSR count). The van der Waals surface area contributed by atoms with Gasteiger partial charge in [-0.05, 0) is 61.2 Å². The Morgan fingerprint density at radius 3 is 1.95 bits per heavy atom. The predicted molar refractivity (Wildman–Crippen MR) is 138 cm³/mol. The number of hydrogen-bond donors (Lipinski definition) is 4. The molecule has 10 nitrogen and oxygen atoms in total. The first kappa shape index (κ1) is 35.0. The summed E-state index contributed by atoms with van der Waals surface area (Å²) < 4.78 is 106. The van der Waals surface area contributed by atoms with Gasteiger partial charge in [-0.1, -0.05) is 12.1 Å². The van der Waals surface area contributed by atoms with E-state index in [1.165, 1.54) is 12.1 Å². The van der Waals surface area contributed by atoms with Gasteiger partial charge in [0.25, 0.3) is 0 Å². The number of alkyl halides is 6. The summed E-state index contributed by atoms with van der Waals surface area (Å²) in [6.45, 7) is 1.19. The van der Waals surface area contributed by atoms with E-state index in [-0.39, 0.29) is 12.6 Å². The minimum Gasteiger partial charge on any atom is -0.480 e. The number of nitrogens with one attached hydrogen (secondary N) is 3. The number of carboxylic acids is 1. The Balaban J connectivity index is 2.21. The number of hydrogen-bond acceptors (Lipinski definition) is 6. The van der Waals surface area contributed by atoms with Crippen LogP contribution in [0.25, 0.3) is 0 Å². The highest BCUT2D eigenvalue weighted by Crippen LogP contribution is 2.36. The third kappa shape index (κ3) is 11.2. The molecule has 0 aromatic heterocycles. The van der Waals surface area contributed by atoms with Crippen LogP contribution in [0.2, 0.25) is 0 Å². The van der Waals surface area contributed by atoms with E-state index in [1.807, 2.05) is 16.1 Å². The van der Waals surface area contributed by atoms with E-state index in [1.54, 1.807) is 12.1 Å². The molecular formula is C26H26F6N4O6S. The lowest BCUT2D eigenvalue weighted by atomic mass is 9.99. The van der Waals surface area contributed by atoms with Gasteiger partial charge in [0.1, 0.15) is 12.1 Å². The zero-order valence-corrected chi connectivity index (χ0v) is 23.2. The van der Waals surface area contributed by atoms with Crippen molar-refractivity contribution in [1.82, 2.24) is 15.4 Å². The van der Waals surface area contributed by atoms with Crippen molar-refractivity contribution in [3.8, 4) is 6.07 Å². The number of nitrogens with zero attached hydrogens (tertiary/aromatic N) is 1. The third-order valence-corrected chi connectivity index (χ3v) is 7.36. The number of carbonyl (C=O) groups is 3. The summed E-state index contributed by atoms with van der Waals surface area (Å²) in [5.41, 5.74) is -3.06. The number of halogens is 6. The standard InChI is InChI=1S/C26H26F6N4O6S/c1-2-43(41,42)36-21(11-17-9-18(25(27,28)29)12-19(10-17)26(30,31)32)23(38)35-20(24(39)40)7-8-22(37)34-14-16-5-3-15(13-33)4-6-16/h3-6,9-10,12,20-21,36H,2,7-8,11,14H2,1H3,(H,34,37)(H,35,38)(H,39,40)/t20-,21+/m0/s1. The molecule has 0 saturated carbocycles. The fourth-order valence-electron chi connectivity index (χ4n) is 3.65. The van der Waals surface area contributed by atoms with Crippen LogP contribution in [0.15, 0.2) is 42.5 Å². The quantitative estimate of drug-likeness (QED) is 0.245. The monoisotopic (exact) mass is 636 g/mol. The smallest absolute Gasteiger partial charge is 0.416 e. The lowest BCUT2D eigenvalue weighted by Crippen LogP contribution is -2.52. The van der Waals surface area contributed by atoms with Crippen LogP contribution in [-0.4, -0.2) is 49.1 Å². The molecule has 43 heavy (non-hydrogen) atoms. The van der Waals surface area contributed by atoms with Gasteiger partial charge in [0.2, 0.25) is 21.8 Å². The average Bonchev–Trinajstić information content (AvgIpc) is 2.92. The molecule has 2 aromatic carbocycles. The van der Waals surface area contributed by atoms with E-state index in [2.05, 4.69) is 5.32 Å². The van der Waals surface area contributed by atoms with Crippen LogP contribution in [0.5, 0.6) is 0 Å². The molecule has 0 spiro atoms. The molecule has 0 unspecified atom stereocenters. The van der Waals surface area contributed by atoms with Crippen molar-refractivity contribution < 1.29 is 54.3 Å². The Kier molecular flexibility index (Phi) is 11.7. The van der Waals surface area contributed by atoms with Crippen LogP contribution in [0, 0.1) is 11.3 Å². The van der Waals surface area contributed by atoms with Crippen molar-refractivity contribution >= 4 is 27.8 Å². The SMILES string of the molecule is CCS(=O)(=O)N[C@H](Cc1cc(C(F)(F)F)cc(C(F)(F)F)c1)C(=O)N[C@@H](CCC(=O)NCc1ccc(C#N)cc1)C(=O)O. The molecule has 0 aliphatic rings. The van der Waals surface area contributed by atoms with Crippen LogP contribution in [-0.2, 0) is 49.7 Å². The molecule has 2 atom stereocenters. The van der Waals surface area contributed by atoms with E-state index in [0.717, 1.165) is 6.92 Å². The fourth-order valence-corrected chi connectivity index (χ4v) is 4.44. The lowest BCUT2D eigenvalue weighted by molar-refractivity contribution is -0.144. The molecule has 0 aliphatic heterocycles. The van der Waals surface area contributed by atoms with E-state index < -0.39 is 93.9 Å². The Hall–Kier alpha value is -4.17. The summed E-state index contributed by atoms with van der Waals surface area (Å²) in [5, 5.41) is 22.9. The number of benzene rings is 2. The highest BCUT2D eigenvalue weighted by molar-refractivity contribution is 7.89. The number of aliphatic carboxylic acids is 1. The molecule has 0 radical (unpaired) electrons. The average molecular weight is 637 g/mol. The molecule has 0 aliphatic carbocycles. The summed E-state index contributed by atoms with van der Waals surface area (Å²) in [7, 11) is -4.27. The second-order valence-corrected chi connectivity index (χ2v) is 11.3. The van der Waals surface area contributed by atoms with Gasteiger partial charge < -0.3 is 15.7 Å². The largest absolute Gasteiger partial charge is 0.480 e. The molecule has 0 heterocycles. The van der Waals surface area contributed by atoms with Crippen LogP contribution < -0.4 is 15.4 Å². The molecule has 0 saturated heterocycles. The summed E-state index contributed by atoms with van der Waals surface area (Å²) in [4.78, 5) is 37.0. The maximum absolute atomic E-state index is 13.3. The lowest BCUT2D eigenvalue weighted by Gasteiger charge is -2.22. The molecule has 2 aromatic rings. The van der Waals surface area contributed by atoms with E-state index in [4.69, 9.17) is 5.26 Å². The zero-order chi connectivity index (χ0) is 32.6. The maximum Gasteiger partial charge on any atom is 0.416 e. The van der Waals surface area contributed by atoms with Gasteiger partial charge >= 0.3 is 18.3 Å². The number of carbonyl (C=O) groups excluding carboxylic acids is 2. The highest BCUT2D eigenvalue weighted by Gasteiger charge is 2.38. The fraction of sp³-hybridized carbons (Fsp3) is 0.385. The second-order valence-electron chi connectivity index (χ2n) is 9.22. The molecule has 2 amide bonds. The molecule has 234 valence electrons. The maximum atomic E-state index is 13.3. The third-order valence-electron chi connectivity index (χ3n) is 5.95. The van der Waals surface area contributed by atoms with Crippen LogP contribution >= 0.6 is 0 Å². The Bertz CT molecular complexity index is 1440. The van der Waals surface area contributed by atoms with Gasteiger partial charge in [-0.25, -0.2) is 17.9 Å². The van der Waals surface area contributed by atoms with Crippen molar-refractivity contribution in [3.63, 3.8) is 0 Å². The number of amides is 2. The normalized spacial score (nSPS) is 13.4. The van der Waals surface area contributed by atoms with Gasteiger partial charge in [0, 0.05) is 13.0 Å². The van der Waals surface area contributed by atoms with Crippen LogP contribution in [0.1, 0.15) is 47.6 Å². The van der Waals surface area contributed by atoms with Gasteiger partial charge in [0.05, 0.1) is 28.5 Å². The molecular weight excluding hydrogens is 610 g/mol. The van der Waals surface area contributed by atoms with Crippen molar-refractivity contribution in [2.24, 2.45) is 0 Å². The van der Waals surface area contributed by atoms with Gasteiger partial charge in [-0.3, -0.25) is 9.59 Å². The Labute approximate surface area is 242 Å². The topological polar surface area (TPSA) is 165 Å². The number of sulfonamides is 1. The minimum atomic E-state index is -5.20. The molecule has 17 heteroatoms. The first-order valence-electron chi connectivity index (χ1n) is 12.4. The van der Waals surface area contributed by atoms with Gasteiger partial charge in [0.15, 0.2) is 0 Å². The Morgan fingerprint density at radius 1 is 0.930 bits per heavy atom. The summed E-state index contributed by atoms with van der Waals surface area (Å²) in [6.07, 6.45) is -12.3. The first-order valence-corrected chi connectivity index (χ1v) is 14.1. The molecule has 4 N–H and O–H groups in total. The van der Waals surface area contributed by atoms with Crippen LogP contribution in [0.4, 0.5) is 26.3 Å². The highest BCUT2D eigenvalue weighted by atomic mass is 32.2. The van der Waals surface area contributed by atoms with Crippen LogP contribution in [0.3, 0.4) is 0 Å². The first-order chi connectivity index (χ1) is 19.8. The zero-order valence-electron chi connectivity index (χ0n) is 22.3. The van der Waals surface area contributed by atoms with E-state index >= 15 is 0 Å². The molecule has 0 fully saturated rings. The molecule has 0 bridgehead atoms. The number of rotatable bonds is 13. The van der Waals surface area contributed by atoms with Crippen molar-refractivity contribution in [3.05, 3.63) is 70.3 Å². The van der Waals surface area contributed by atoms with Crippen molar-refractivity contribution in [2.75, 3.05) is 5.75 Å². The second kappa shape index (κ2) is 14.3. The van der Waals surface area contributed by atoms with E-state index in [0.29, 0.717) is 23.3 Å². The number of carboxylic acid groups (broad SMARTS) is 1. The van der Waals surface area contributed by atoms with Crippen molar-refractivity contribution in [2.45, 2.75) is 57.2 Å². The summed E-state index contributed by atoms with van der Waals surface area (Å²) in [6, 6.07) is 4.86. The summed E-state index contributed by atoms with van der Waals surface area (Å²) in [5.74, 6) is -4.23. The van der Waals surface area contributed by atoms with E-state index in [9.17, 15) is 54.3 Å². The minimum absolute atomic E-state index is 0.0341. The Morgan fingerprint density at radius 2 is 1.49 bits per heavy atom. The number of nitriles is 1. The predicted octanol–water partition coefficient (Wildman–Crippen LogP) is 3.11. The van der Waals surface area contributed by atoms with Crippen molar-refractivity contribution in [1.29, 1.82) is 5.26 Å².